The van der Waals surface area contributed by atoms with Gasteiger partial charge in [-0.2, -0.15) is 0 Å². The van der Waals surface area contributed by atoms with Crippen LogP contribution in [-0.4, -0.2) is 48.1 Å². The normalized spacial score (nSPS) is 15.6. The molecule has 104 valence electrons. The van der Waals surface area contributed by atoms with Crippen LogP contribution < -0.4 is 4.90 Å². The highest BCUT2D eigenvalue weighted by Crippen LogP contribution is 2.29. The highest BCUT2D eigenvalue weighted by atomic mass is 32.2. The maximum Gasteiger partial charge on any atom is 0.338 e. The number of aromatic nitrogens is 1. The van der Waals surface area contributed by atoms with Crippen LogP contribution in [0.3, 0.4) is 0 Å². The predicted molar refractivity (Wildman–Crippen MR) is 75.4 cm³/mol. The number of ether oxygens (including phenoxy) is 1. The summed E-state index contributed by atoms with van der Waals surface area (Å²) in [4.78, 5) is 18.7. The number of hydrogen-bond donors (Lipinski definition) is 1. The molecule has 6 heteroatoms. The van der Waals surface area contributed by atoms with Gasteiger partial charge in [-0.25, -0.2) is 9.78 Å². The average molecular weight is 282 g/mol. The molecule has 1 aromatic heterocycles. The number of rotatable bonds is 4. The van der Waals surface area contributed by atoms with Crippen LogP contribution in [-0.2, 0) is 4.74 Å². The lowest BCUT2D eigenvalue weighted by Gasteiger charge is -2.28. The summed E-state index contributed by atoms with van der Waals surface area (Å²) in [5, 5.41) is 9.29. The molecule has 0 aromatic carbocycles. The fraction of sp³-hybridized carbons (Fsp3) is 0.538. The van der Waals surface area contributed by atoms with Crippen molar-refractivity contribution in [1.82, 2.24) is 4.98 Å². The summed E-state index contributed by atoms with van der Waals surface area (Å²) in [6, 6.07) is 1.88. The molecule has 1 N–H and O–H groups in total. The molecule has 1 aliphatic rings. The molecule has 0 unspecified atom stereocenters. The zero-order valence-corrected chi connectivity index (χ0v) is 12.0. The predicted octanol–water partition coefficient (Wildman–Crippen LogP) is 2.04. The van der Waals surface area contributed by atoms with Crippen LogP contribution in [0.15, 0.2) is 11.0 Å². The molecule has 0 saturated carbocycles. The molecule has 0 radical (unpaired) electrons. The molecule has 2 heterocycles. The first-order valence-electron chi connectivity index (χ1n) is 6.34. The lowest BCUT2D eigenvalue weighted by Crippen LogP contribution is -2.37. The molecule has 0 amide bonds. The third-order valence-corrected chi connectivity index (χ3v) is 3.92. The summed E-state index contributed by atoms with van der Waals surface area (Å²) in [7, 11) is 0. The highest BCUT2D eigenvalue weighted by Gasteiger charge is 2.19. The quantitative estimate of drug-likeness (QED) is 0.853. The third-order valence-electron chi connectivity index (χ3n) is 3.00. The van der Waals surface area contributed by atoms with Crippen molar-refractivity contribution in [1.29, 1.82) is 0 Å². The molecular formula is C13H18N2O3S. The van der Waals surface area contributed by atoms with Gasteiger partial charge in [0.2, 0.25) is 0 Å². The van der Waals surface area contributed by atoms with Crippen LogP contribution in [0.4, 0.5) is 5.82 Å². The van der Waals surface area contributed by atoms with Gasteiger partial charge in [0.25, 0.3) is 0 Å². The van der Waals surface area contributed by atoms with E-state index in [1.165, 1.54) is 0 Å². The SMILES string of the molecule is CCSc1cc(N2CCOCC2)nc(C)c1C(=O)O. The second-order valence-electron chi connectivity index (χ2n) is 4.28. The Morgan fingerprint density at radius 1 is 1.53 bits per heavy atom. The van der Waals surface area contributed by atoms with Gasteiger partial charge in [-0.3, -0.25) is 0 Å². The van der Waals surface area contributed by atoms with E-state index in [0.717, 1.165) is 29.6 Å². The van der Waals surface area contributed by atoms with E-state index < -0.39 is 5.97 Å². The maximum absolute atomic E-state index is 11.3. The van der Waals surface area contributed by atoms with Crippen LogP contribution in [0.1, 0.15) is 23.0 Å². The van der Waals surface area contributed by atoms with Gasteiger partial charge in [0.05, 0.1) is 24.5 Å². The van der Waals surface area contributed by atoms with Crippen molar-refractivity contribution in [3.05, 3.63) is 17.3 Å². The standard InChI is InChI=1S/C13H18N2O3S/c1-3-19-10-8-11(15-4-6-18-7-5-15)14-9(2)12(10)13(16)17/h8H,3-7H2,1-2H3,(H,16,17). The first-order valence-corrected chi connectivity index (χ1v) is 7.32. The number of carbonyl (C=O) groups is 1. The second kappa shape index (κ2) is 6.25. The zero-order valence-electron chi connectivity index (χ0n) is 11.2. The maximum atomic E-state index is 11.3. The molecule has 19 heavy (non-hydrogen) atoms. The average Bonchev–Trinajstić information content (AvgIpc) is 2.39. The van der Waals surface area contributed by atoms with Gasteiger partial charge < -0.3 is 14.7 Å². The minimum atomic E-state index is -0.908. The number of pyridine rings is 1. The smallest absolute Gasteiger partial charge is 0.338 e. The van der Waals surface area contributed by atoms with Crippen LogP contribution in [0.25, 0.3) is 0 Å². The summed E-state index contributed by atoms with van der Waals surface area (Å²) >= 11 is 1.54. The van der Waals surface area contributed by atoms with Crippen molar-refractivity contribution >= 4 is 23.5 Å². The van der Waals surface area contributed by atoms with Crippen molar-refractivity contribution in [2.75, 3.05) is 37.0 Å². The van der Waals surface area contributed by atoms with E-state index in [9.17, 15) is 9.90 Å². The number of anilines is 1. The van der Waals surface area contributed by atoms with Gasteiger partial charge in [-0.1, -0.05) is 6.92 Å². The minimum Gasteiger partial charge on any atom is -0.478 e. The molecule has 1 aliphatic heterocycles. The summed E-state index contributed by atoms with van der Waals surface area (Å²) < 4.78 is 5.32. The van der Waals surface area contributed by atoms with Crippen molar-refractivity contribution in [2.24, 2.45) is 0 Å². The van der Waals surface area contributed by atoms with E-state index >= 15 is 0 Å². The van der Waals surface area contributed by atoms with E-state index in [4.69, 9.17) is 4.74 Å². The van der Waals surface area contributed by atoms with Gasteiger partial charge in [-0.05, 0) is 18.7 Å². The summed E-state index contributed by atoms with van der Waals surface area (Å²) in [5.74, 6) is 0.781. The van der Waals surface area contributed by atoms with Crippen LogP contribution in [0, 0.1) is 6.92 Å². The van der Waals surface area contributed by atoms with Crippen LogP contribution in [0.2, 0.25) is 0 Å². The third kappa shape index (κ3) is 3.19. The number of carboxylic acids is 1. The Kier molecular flexibility index (Phi) is 4.66. The van der Waals surface area contributed by atoms with Crippen LogP contribution >= 0.6 is 11.8 Å². The topological polar surface area (TPSA) is 62.7 Å². The van der Waals surface area contributed by atoms with E-state index in [-0.39, 0.29) is 0 Å². The van der Waals surface area contributed by atoms with Gasteiger partial charge >= 0.3 is 5.97 Å². The number of nitrogens with zero attached hydrogens (tertiary/aromatic N) is 2. The zero-order chi connectivity index (χ0) is 13.8. The molecular weight excluding hydrogens is 264 g/mol. The first kappa shape index (κ1) is 14.1. The summed E-state index contributed by atoms with van der Waals surface area (Å²) in [5.41, 5.74) is 0.899. The Hall–Kier alpha value is -1.27. The Bertz CT molecular complexity index is 473. The molecule has 1 aromatic rings. The Labute approximate surface area is 117 Å². The molecule has 1 saturated heterocycles. The van der Waals surface area contributed by atoms with E-state index in [2.05, 4.69) is 9.88 Å². The minimum absolute atomic E-state index is 0.323. The van der Waals surface area contributed by atoms with Gasteiger partial charge in [-0.15, -0.1) is 11.8 Å². The number of aromatic carboxylic acids is 1. The fourth-order valence-corrected chi connectivity index (χ4v) is 2.99. The molecule has 1 fully saturated rings. The van der Waals surface area contributed by atoms with E-state index in [1.54, 1.807) is 18.7 Å². The summed E-state index contributed by atoms with van der Waals surface area (Å²) in [6.07, 6.45) is 0. The Morgan fingerprint density at radius 3 is 2.79 bits per heavy atom. The molecule has 2 rings (SSSR count). The monoisotopic (exact) mass is 282 g/mol. The molecule has 0 spiro atoms. The number of aryl methyl sites for hydroxylation is 1. The largest absolute Gasteiger partial charge is 0.478 e. The Balaban J connectivity index is 2.38. The number of morpholine rings is 1. The van der Waals surface area contributed by atoms with Crippen LogP contribution in [0.5, 0.6) is 0 Å². The van der Waals surface area contributed by atoms with Crippen molar-refractivity contribution < 1.29 is 14.6 Å². The summed E-state index contributed by atoms with van der Waals surface area (Å²) in [6.45, 7) is 6.76. The van der Waals surface area contributed by atoms with Gasteiger partial charge in [0.15, 0.2) is 0 Å². The number of thioether (sulfide) groups is 1. The first-order chi connectivity index (χ1) is 9.13. The second-order valence-corrected chi connectivity index (χ2v) is 5.58. The van der Waals surface area contributed by atoms with E-state index in [1.807, 2.05) is 13.0 Å². The van der Waals surface area contributed by atoms with Crippen molar-refractivity contribution in [3.63, 3.8) is 0 Å². The molecule has 0 aliphatic carbocycles. The Morgan fingerprint density at radius 2 is 2.21 bits per heavy atom. The molecule has 0 atom stereocenters. The number of hydrogen-bond acceptors (Lipinski definition) is 5. The van der Waals surface area contributed by atoms with E-state index in [0.29, 0.717) is 24.5 Å². The molecule has 5 nitrogen and oxygen atoms in total. The highest BCUT2D eigenvalue weighted by molar-refractivity contribution is 7.99. The van der Waals surface area contributed by atoms with Crippen molar-refractivity contribution in [2.45, 2.75) is 18.7 Å². The lowest BCUT2D eigenvalue weighted by atomic mass is 10.2. The van der Waals surface area contributed by atoms with Crippen molar-refractivity contribution in [3.8, 4) is 0 Å². The molecule has 0 bridgehead atoms. The fourth-order valence-electron chi connectivity index (χ4n) is 2.11. The van der Waals surface area contributed by atoms with Gasteiger partial charge in [0.1, 0.15) is 5.82 Å². The van der Waals surface area contributed by atoms with Gasteiger partial charge in [0, 0.05) is 18.0 Å². The lowest BCUT2D eigenvalue weighted by molar-refractivity contribution is 0.0691. The number of carboxylic acid groups (broad SMARTS) is 1.